The molecule has 2 aromatic rings. The maximum Gasteiger partial charge on any atom is 0.323 e. The van der Waals surface area contributed by atoms with Gasteiger partial charge in [0, 0.05) is 29.6 Å². The van der Waals surface area contributed by atoms with Gasteiger partial charge in [-0.05, 0) is 6.07 Å². The quantitative estimate of drug-likeness (QED) is 0.639. The summed E-state index contributed by atoms with van der Waals surface area (Å²) in [4.78, 5) is 21.6. The fraction of sp³-hybridized carbons (Fsp3) is 0.154. The zero-order chi connectivity index (χ0) is 13.8. The van der Waals surface area contributed by atoms with Gasteiger partial charge in [0.05, 0.1) is 6.21 Å². The summed E-state index contributed by atoms with van der Waals surface area (Å²) in [6, 6.07) is 7.43. The number of carbonyl (C=O) groups is 2. The molecule has 0 radical (unpaired) electrons. The second-order valence-corrected chi connectivity index (χ2v) is 4.05. The van der Waals surface area contributed by atoms with Crippen molar-refractivity contribution in [3.63, 3.8) is 0 Å². The molecule has 0 bridgehead atoms. The topological polar surface area (TPSA) is 83.7 Å². The first kappa shape index (κ1) is 12.8. The Labute approximate surface area is 109 Å². The standard InChI is InChI=1S/C13H13N3O3/c1-9(17)15-14-6-10-7-16(8-13(18)19)12-5-3-2-4-11(10)12/h2-7H,8H2,1H3,(H,15,17)(H,18,19)/b14-6+. The van der Waals surface area contributed by atoms with Crippen molar-refractivity contribution in [1.29, 1.82) is 0 Å². The summed E-state index contributed by atoms with van der Waals surface area (Å²) in [5, 5.41) is 13.6. The number of carboxylic acids is 1. The van der Waals surface area contributed by atoms with Crippen LogP contribution in [-0.4, -0.2) is 27.8 Å². The van der Waals surface area contributed by atoms with Gasteiger partial charge in [0.15, 0.2) is 0 Å². The number of hydrogen-bond acceptors (Lipinski definition) is 3. The highest BCUT2D eigenvalue weighted by atomic mass is 16.4. The number of carboxylic acid groups (broad SMARTS) is 1. The Bertz CT molecular complexity index is 658. The molecule has 0 unspecified atom stereocenters. The van der Waals surface area contributed by atoms with Gasteiger partial charge in [-0.1, -0.05) is 18.2 Å². The monoisotopic (exact) mass is 259 g/mol. The van der Waals surface area contributed by atoms with Crippen LogP contribution in [0.2, 0.25) is 0 Å². The minimum atomic E-state index is -0.911. The smallest absolute Gasteiger partial charge is 0.323 e. The van der Waals surface area contributed by atoms with Crippen molar-refractivity contribution in [2.45, 2.75) is 13.5 Å². The summed E-state index contributed by atoms with van der Waals surface area (Å²) in [6.45, 7) is 1.25. The van der Waals surface area contributed by atoms with E-state index in [2.05, 4.69) is 10.5 Å². The first-order valence-corrected chi connectivity index (χ1v) is 5.67. The van der Waals surface area contributed by atoms with E-state index in [0.717, 1.165) is 16.5 Å². The second kappa shape index (κ2) is 5.34. The van der Waals surface area contributed by atoms with Gasteiger partial charge in [-0.3, -0.25) is 9.59 Å². The van der Waals surface area contributed by atoms with E-state index in [4.69, 9.17) is 5.11 Å². The van der Waals surface area contributed by atoms with Crippen molar-refractivity contribution in [2.24, 2.45) is 5.10 Å². The van der Waals surface area contributed by atoms with E-state index in [0.29, 0.717) is 0 Å². The van der Waals surface area contributed by atoms with E-state index < -0.39 is 5.97 Å². The largest absolute Gasteiger partial charge is 0.480 e. The third kappa shape index (κ3) is 2.98. The van der Waals surface area contributed by atoms with Crippen LogP contribution < -0.4 is 5.43 Å². The normalized spacial score (nSPS) is 11.0. The molecular formula is C13H13N3O3. The summed E-state index contributed by atoms with van der Waals surface area (Å²) < 4.78 is 1.63. The van der Waals surface area contributed by atoms with Crippen molar-refractivity contribution in [3.8, 4) is 0 Å². The fourth-order valence-electron chi connectivity index (χ4n) is 1.85. The van der Waals surface area contributed by atoms with Crippen LogP contribution in [0.25, 0.3) is 10.9 Å². The third-order valence-corrected chi connectivity index (χ3v) is 2.55. The lowest BCUT2D eigenvalue weighted by Crippen LogP contribution is -2.12. The van der Waals surface area contributed by atoms with Crippen LogP contribution >= 0.6 is 0 Å². The van der Waals surface area contributed by atoms with Gasteiger partial charge in [-0.2, -0.15) is 5.10 Å². The van der Waals surface area contributed by atoms with E-state index in [1.54, 1.807) is 10.8 Å². The lowest BCUT2D eigenvalue weighted by Gasteiger charge is -1.99. The third-order valence-electron chi connectivity index (χ3n) is 2.55. The summed E-state index contributed by atoms with van der Waals surface area (Å²) in [5.41, 5.74) is 3.88. The minimum absolute atomic E-state index is 0.117. The molecule has 1 amide bonds. The van der Waals surface area contributed by atoms with Crippen molar-refractivity contribution >= 4 is 29.0 Å². The first-order chi connectivity index (χ1) is 9.08. The maximum atomic E-state index is 10.8. The van der Waals surface area contributed by atoms with Crippen LogP contribution in [0.4, 0.5) is 0 Å². The molecule has 19 heavy (non-hydrogen) atoms. The Kier molecular flexibility index (Phi) is 3.61. The number of amides is 1. The van der Waals surface area contributed by atoms with Crippen LogP contribution in [0.1, 0.15) is 12.5 Å². The number of aromatic nitrogens is 1. The molecule has 1 aromatic carbocycles. The molecule has 2 rings (SSSR count). The molecule has 0 aliphatic carbocycles. The summed E-state index contributed by atoms with van der Waals surface area (Å²) in [7, 11) is 0. The molecule has 0 aliphatic rings. The molecule has 6 heteroatoms. The van der Waals surface area contributed by atoms with Crippen LogP contribution in [0, 0.1) is 0 Å². The van der Waals surface area contributed by atoms with Gasteiger partial charge >= 0.3 is 5.97 Å². The number of hydrazone groups is 1. The summed E-state index contributed by atoms with van der Waals surface area (Å²) in [5.74, 6) is -1.17. The number of hydrogen-bond donors (Lipinski definition) is 2. The highest BCUT2D eigenvalue weighted by Gasteiger charge is 2.08. The maximum absolute atomic E-state index is 10.8. The number of nitrogens with one attached hydrogen (secondary N) is 1. The average Bonchev–Trinajstić information content (AvgIpc) is 2.67. The summed E-state index contributed by atoms with van der Waals surface area (Å²) >= 11 is 0. The van der Waals surface area contributed by atoms with E-state index in [1.165, 1.54) is 13.1 Å². The molecule has 1 aromatic heterocycles. The lowest BCUT2D eigenvalue weighted by molar-refractivity contribution is -0.137. The van der Waals surface area contributed by atoms with Crippen molar-refractivity contribution in [3.05, 3.63) is 36.0 Å². The predicted octanol–water partition coefficient (Wildman–Crippen LogP) is 1.20. The van der Waals surface area contributed by atoms with Crippen LogP contribution in [-0.2, 0) is 16.1 Å². The van der Waals surface area contributed by atoms with Gasteiger partial charge in [-0.15, -0.1) is 0 Å². The van der Waals surface area contributed by atoms with Crippen LogP contribution in [0.5, 0.6) is 0 Å². The van der Waals surface area contributed by atoms with Gasteiger partial charge < -0.3 is 9.67 Å². The molecule has 1 heterocycles. The van der Waals surface area contributed by atoms with Gasteiger partial charge in [0.1, 0.15) is 6.54 Å². The number of aliphatic carboxylic acids is 1. The van der Waals surface area contributed by atoms with E-state index in [1.807, 2.05) is 24.3 Å². The number of carbonyl (C=O) groups excluding carboxylic acids is 1. The molecule has 2 N–H and O–H groups in total. The Morgan fingerprint density at radius 2 is 2.16 bits per heavy atom. The Hall–Kier alpha value is -2.63. The first-order valence-electron chi connectivity index (χ1n) is 5.67. The minimum Gasteiger partial charge on any atom is -0.480 e. The van der Waals surface area contributed by atoms with E-state index >= 15 is 0 Å². The summed E-state index contributed by atoms with van der Waals surface area (Å²) in [6.07, 6.45) is 3.20. The molecule has 0 fully saturated rings. The van der Waals surface area contributed by atoms with Crippen molar-refractivity contribution in [2.75, 3.05) is 0 Å². The molecular weight excluding hydrogens is 246 g/mol. The van der Waals surface area contributed by atoms with Gasteiger partial charge in [-0.25, -0.2) is 5.43 Å². The van der Waals surface area contributed by atoms with Crippen molar-refractivity contribution < 1.29 is 14.7 Å². The van der Waals surface area contributed by atoms with E-state index in [9.17, 15) is 9.59 Å². The zero-order valence-electron chi connectivity index (χ0n) is 10.3. The van der Waals surface area contributed by atoms with Gasteiger partial charge in [0.25, 0.3) is 0 Å². The Morgan fingerprint density at radius 3 is 2.84 bits per heavy atom. The highest BCUT2D eigenvalue weighted by molar-refractivity contribution is 6.00. The fourth-order valence-corrected chi connectivity index (χ4v) is 1.85. The average molecular weight is 259 g/mol. The highest BCUT2D eigenvalue weighted by Crippen LogP contribution is 2.19. The Morgan fingerprint density at radius 1 is 1.42 bits per heavy atom. The number of para-hydroxylation sites is 1. The molecule has 0 saturated heterocycles. The molecule has 0 aliphatic heterocycles. The number of rotatable bonds is 4. The lowest BCUT2D eigenvalue weighted by atomic mass is 10.2. The Balaban J connectivity index is 2.41. The zero-order valence-corrected chi connectivity index (χ0v) is 10.3. The number of fused-ring (bicyclic) bond motifs is 1. The van der Waals surface area contributed by atoms with Crippen molar-refractivity contribution in [1.82, 2.24) is 9.99 Å². The molecule has 98 valence electrons. The molecule has 0 spiro atoms. The van der Waals surface area contributed by atoms with Gasteiger partial charge in [0.2, 0.25) is 5.91 Å². The SMILES string of the molecule is CC(=O)N/N=C/c1cn(CC(=O)O)c2ccccc12. The molecule has 0 saturated carbocycles. The second-order valence-electron chi connectivity index (χ2n) is 4.05. The predicted molar refractivity (Wildman–Crippen MR) is 71.0 cm³/mol. The number of nitrogens with zero attached hydrogens (tertiary/aromatic N) is 2. The van der Waals surface area contributed by atoms with E-state index in [-0.39, 0.29) is 12.5 Å². The molecule has 6 nitrogen and oxygen atoms in total. The molecule has 0 atom stereocenters. The van der Waals surface area contributed by atoms with Crippen LogP contribution in [0.3, 0.4) is 0 Å². The number of benzene rings is 1. The van der Waals surface area contributed by atoms with Crippen LogP contribution in [0.15, 0.2) is 35.6 Å².